The van der Waals surface area contributed by atoms with Crippen LogP contribution in [0.1, 0.15) is 36.5 Å². The van der Waals surface area contributed by atoms with E-state index in [0.29, 0.717) is 21.9 Å². The van der Waals surface area contributed by atoms with Crippen molar-refractivity contribution in [1.29, 1.82) is 0 Å². The third-order valence-corrected chi connectivity index (χ3v) is 4.75. The molecule has 1 atom stereocenters. The fourth-order valence-corrected chi connectivity index (χ4v) is 3.32. The normalized spacial score (nSPS) is 14.1. The fraction of sp³-hybridized carbons (Fsp3) is 0.350. The monoisotopic (exact) mass is 405 g/mol. The lowest BCUT2D eigenvalue weighted by atomic mass is 9.88. The number of nitro groups is 1. The van der Waals surface area contributed by atoms with Crippen LogP contribution < -0.4 is 4.74 Å². The summed E-state index contributed by atoms with van der Waals surface area (Å²) in [5, 5.41) is 11.8. The highest BCUT2D eigenvalue weighted by Gasteiger charge is 2.27. The molecule has 1 heterocycles. The number of nitrogens with zero attached hydrogens (tertiary/aromatic N) is 1. The minimum atomic E-state index is -0.495. The summed E-state index contributed by atoms with van der Waals surface area (Å²) >= 11 is 5.93. The first-order valence-corrected chi connectivity index (χ1v) is 9.17. The highest BCUT2D eigenvalue weighted by Crippen LogP contribution is 2.34. The van der Waals surface area contributed by atoms with E-state index < -0.39 is 16.8 Å². The van der Waals surface area contributed by atoms with E-state index in [2.05, 4.69) is 0 Å². The summed E-state index contributed by atoms with van der Waals surface area (Å²) in [6, 6.07) is 9.82. The standard InChI is InChI=1S/C20H20ClNO6/c1-12(2)18(13-3-5-16(21)6-4-13)20(23)27-10-15-8-17(22(24)25)7-14-9-26-11-28-19(14)15/h3-8,12,18H,9-11H2,1-2H3/t18-/m1/s1. The number of esters is 1. The lowest BCUT2D eigenvalue weighted by molar-refractivity contribution is -0.385. The predicted octanol–water partition coefficient (Wildman–Crippen LogP) is 4.60. The second-order valence-corrected chi connectivity index (χ2v) is 7.28. The van der Waals surface area contributed by atoms with Crippen LogP contribution in [0.15, 0.2) is 36.4 Å². The molecule has 8 heteroatoms. The second-order valence-electron chi connectivity index (χ2n) is 6.84. The molecule has 28 heavy (non-hydrogen) atoms. The van der Waals surface area contributed by atoms with Gasteiger partial charge in [0.15, 0.2) is 6.79 Å². The Bertz CT molecular complexity index is 881. The first-order valence-electron chi connectivity index (χ1n) is 8.79. The van der Waals surface area contributed by atoms with Crippen LogP contribution in [0.2, 0.25) is 5.02 Å². The smallest absolute Gasteiger partial charge is 0.314 e. The highest BCUT2D eigenvalue weighted by molar-refractivity contribution is 6.30. The Labute approximate surface area is 167 Å². The minimum absolute atomic E-state index is 0.00245. The molecule has 0 fully saturated rings. The van der Waals surface area contributed by atoms with Crippen molar-refractivity contribution in [2.45, 2.75) is 33.0 Å². The van der Waals surface area contributed by atoms with Crippen molar-refractivity contribution in [3.8, 4) is 5.75 Å². The molecule has 0 saturated heterocycles. The molecule has 1 aliphatic rings. The Morgan fingerprint density at radius 3 is 2.64 bits per heavy atom. The minimum Gasteiger partial charge on any atom is -0.467 e. The lowest BCUT2D eigenvalue weighted by Gasteiger charge is -2.22. The number of ether oxygens (including phenoxy) is 3. The van der Waals surface area contributed by atoms with Crippen LogP contribution in [0, 0.1) is 16.0 Å². The average molecular weight is 406 g/mol. The highest BCUT2D eigenvalue weighted by atomic mass is 35.5. The van der Waals surface area contributed by atoms with Crippen LogP contribution in [-0.4, -0.2) is 17.7 Å². The van der Waals surface area contributed by atoms with Gasteiger partial charge in [0.25, 0.3) is 5.69 Å². The molecule has 1 aliphatic heterocycles. The van der Waals surface area contributed by atoms with Gasteiger partial charge in [-0.15, -0.1) is 0 Å². The SMILES string of the molecule is CC(C)[C@@H](C(=O)OCc1cc([N+](=O)[O-])cc2c1OCOC2)c1ccc(Cl)cc1. The molecule has 0 saturated carbocycles. The van der Waals surface area contributed by atoms with Crippen molar-refractivity contribution in [2.75, 3.05) is 6.79 Å². The molecule has 0 unspecified atom stereocenters. The van der Waals surface area contributed by atoms with Crippen LogP contribution in [0.25, 0.3) is 0 Å². The molecule has 0 N–H and O–H groups in total. The molecule has 148 valence electrons. The van der Waals surface area contributed by atoms with E-state index >= 15 is 0 Å². The molecule has 0 aromatic heterocycles. The molecule has 0 radical (unpaired) electrons. The van der Waals surface area contributed by atoms with Crippen LogP contribution in [0.5, 0.6) is 5.75 Å². The summed E-state index contributed by atoms with van der Waals surface area (Å²) in [4.78, 5) is 23.5. The second kappa shape index (κ2) is 8.58. The van der Waals surface area contributed by atoms with E-state index in [4.69, 9.17) is 25.8 Å². The van der Waals surface area contributed by atoms with Gasteiger partial charge in [0.1, 0.15) is 12.4 Å². The molecule has 7 nitrogen and oxygen atoms in total. The first kappa shape index (κ1) is 20.1. The number of hydrogen-bond acceptors (Lipinski definition) is 6. The molecule has 2 aromatic rings. The maximum Gasteiger partial charge on any atom is 0.314 e. The summed E-state index contributed by atoms with van der Waals surface area (Å²) in [6.07, 6.45) is 0. The van der Waals surface area contributed by atoms with Gasteiger partial charge in [0.2, 0.25) is 0 Å². The number of carbonyl (C=O) groups is 1. The van der Waals surface area contributed by atoms with E-state index in [-0.39, 0.29) is 31.6 Å². The number of hydrogen-bond donors (Lipinski definition) is 0. The number of nitro benzene ring substituents is 1. The maximum absolute atomic E-state index is 12.8. The maximum atomic E-state index is 12.8. The predicted molar refractivity (Wildman–Crippen MR) is 102 cm³/mol. The van der Waals surface area contributed by atoms with E-state index in [0.717, 1.165) is 5.56 Å². The Kier molecular flexibility index (Phi) is 6.16. The topological polar surface area (TPSA) is 87.9 Å². The average Bonchev–Trinajstić information content (AvgIpc) is 2.67. The van der Waals surface area contributed by atoms with Crippen molar-refractivity contribution in [3.63, 3.8) is 0 Å². The van der Waals surface area contributed by atoms with Gasteiger partial charge in [-0.05, 0) is 23.6 Å². The van der Waals surface area contributed by atoms with Crippen molar-refractivity contribution in [3.05, 3.63) is 68.2 Å². The molecular formula is C20H20ClNO6. The number of non-ortho nitro benzene ring substituents is 1. The molecule has 0 spiro atoms. The van der Waals surface area contributed by atoms with Crippen molar-refractivity contribution >= 4 is 23.3 Å². The molecule has 0 bridgehead atoms. The summed E-state index contributed by atoms with van der Waals surface area (Å²) in [7, 11) is 0. The molecule has 0 amide bonds. The van der Waals surface area contributed by atoms with Crippen molar-refractivity contribution in [1.82, 2.24) is 0 Å². The van der Waals surface area contributed by atoms with Gasteiger partial charge < -0.3 is 14.2 Å². The van der Waals surface area contributed by atoms with Crippen molar-refractivity contribution in [2.24, 2.45) is 5.92 Å². The Hall–Kier alpha value is -2.64. The summed E-state index contributed by atoms with van der Waals surface area (Å²) in [5.74, 6) is -0.421. The van der Waals surface area contributed by atoms with Gasteiger partial charge in [0.05, 0.1) is 17.4 Å². The lowest BCUT2D eigenvalue weighted by Crippen LogP contribution is -2.21. The van der Waals surface area contributed by atoms with Gasteiger partial charge >= 0.3 is 5.97 Å². The first-order chi connectivity index (χ1) is 13.4. The van der Waals surface area contributed by atoms with Gasteiger partial charge in [-0.2, -0.15) is 0 Å². The third-order valence-electron chi connectivity index (χ3n) is 4.50. The van der Waals surface area contributed by atoms with Gasteiger partial charge in [0, 0.05) is 28.3 Å². The molecule has 3 rings (SSSR count). The van der Waals surface area contributed by atoms with E-state index in [1.165, 1.54) is 12.1 Å². The molecular weight excluding hydrogens is 386 g/mol. The zero-order valence-corrected chi connectivity index (χ0v) is 16.3. The number of halogens is 1. The van der Waals surface area contributed by atoms with Gasteiger partial charge in [-0.25, -0.2) is 0 Å². The third kappa shape index (κ3) is 4.43. The zero-order valence-electron chi connectivity index (χ0n) is 15.5. The van der Waals surface area contributed by atoms with E-state index in [9.17, 15) is 14.9 Å². The van der Waals surface area contributed by atoms with Crippen LogP contribution in [-0.2, 0) is 27.5 Å². The van der Waals surface area contributed by atoms with E-state index in [1.54, 1.807) is 24.3 Å². The number of benzene rings is 2. The van der Waals surface area contributed by atoms with Crippen molar-refractivity contribution < 1.29 is 23.9 Å². The molecule has 0 aliphatic carbocycles. The number of carbonyl (C=O) groups excluding carboxylic acids is 1. The van der Waals surface area contributed by atoms with Crippen LogP contribution in [0.4, 0.5) is 5.69 Å². The Balaban J connectivity index is 1.82. The Morgan fingerprint density at radius 2 is 2.00 bits per heavy atom. The van der Waals surface area contributed by atoms with Gasteiger partial charge in [-0.3, -0.25) is 14.9 Å². The van der Waals surface area contributed by atoms with Crippen LogP contribution in [0.3, 0.4) is 0 Å². The largest absolute Gasteiger partial charge is 0.467 e. The van der Waals surface area contributed by atoms with E-state index in [1.807, 2.05) is 13.8 Å². The zero-order chi connectivity index (χ0) is 20.3. The number of rotatable bonds is 6. The molecule has 2 aromatic carbocycles. The summed E-state index contributed by atoms with van der Waals surface area (Å²) in [5.41, 5.74) is 1.70. The Morgan fingerprint density at radius 1 is 1.29 bits per heavy atom. The quantitative estimate of drug-likeness (QED) is 0.396. The summed E-state index contributed by atoms with van der Waals surface area (Å²) < 4.78 is 16.2. The number of fused-ring (bicyclic) bond motifs is 1. The van der Waals surface area contributed by atoms with Crippen LogP contribution >= 0.6 is 11.6 Å². The summed E-state index contributed by atoms with van der Waals surface area (Å²) in [6.45, 7) is 3.98. The van der Waals surface area contributed by atoms with Gasteiger partial charge in [-0.1, -0.05) is 37.6 Å². The fourth-order valence-electron chi connectivity index (χ4n) is 3.20.